The predicted octanol–water partition coefficient (Wildman–Crippen LogP) is -0.244. The summed E-state index contributed by atoms with van der Waals surface area (Å²) in [4.78, 5) is 22.3. The maximum absolute atomic E-state index is 11.3. The van der Waals surface area contributed by atoms with E-state index in [0.717, 1.165) is 0 Å². The average Bonchev–Trinajstić information content (AvgIpc) is 2.00. The monoisotopic (exact) mass is 215 g/mol. The quantitative estimate of drug-likeness (QED) is 0.571. The third-order valence-electron chi connectivity index (χ3n) is 1.66. The Morgan fingerprint density at radius 1 is 1.20 bits per heavy atom. The van der Waals surface area contributed by atoms with Gasteiger partial charge >= 0.3 is 0 Å². The Morgan fingerprint density at radius 3 is 2.27 bits per heavy atom. The molecule has 0 saturated heterocycles. The minimum atomic E-state index is -0.504. The van der Waals surface area contributed by atoms with Crippen LogP contribution < -0.4 is 16.4 Å². The smallest absolute Gasteiger partial charge is 0.221 e. The second-order valence-electron chi connectivity index (χ2n) is 4.22. The minimum absolute atomic E-state index is 0.0511. The van der Waals surface area contributed by atoms with Gasteiger partial charge < -0.3 is 16.4 Å². The molecule has 2 amide bonds. The third kappa shape index (κ3) is 9.21. The molecular formula is C10H21N3O2. The van der Waals surface area contributed by atoms with Crippen LogP contribution in [-0.2, 0) is 9.59 Å². The zero-order valence-corrected chi connectivity index (χ0v) is 9.72. The predicted molar refractivity (Wildman–Crippen MR) is 59.2 cm³/mol. The van der Waals surface area contributed by atoms with Crippen LogP contribution in [0.4, 0.5) is 0 Å². The van der Waals surface area contributed by atoms with Gasteiger partial charge in [0.2, 0.25) is 11.8 Å². The molecule has 15 heavy (non-hydrogen) atoms. The van der Waals surface area contributed by atoms with E-state index < -0.39 is 5.54 Å². The molecule has 0 aromatic heterocycles. The van der Waals surface area contributed by atoms with Gasteiger partial charge in [-0.1, -0.05) is 0 Å². The minimum Gasteiger partial charge on any atom is -0.356 e. The lowest BCUT2D eigenvalue weighted by atomic mass is 10.0. The van der Waals surface area contributed by atoms with E-state index in [2.05, 4.69) is 10.6 Å². The molecule has 0 aliphatic carbocycles. The second kappa shape index (κ2) is 6.40. The molecule has 0 aromatic rings. The van der Waals surface area contributed by atoms with Crippen molar-refractivity contribution in [3.05, 3.63) is 0 Å². The Balaban J connectivity index is 3.60. The number of carbonyl (C=O) groups excluding carboxylic acids is 2. The molecule has 0 aliphatic heterocycles. The summed E-state index contributed by atoms with van der Waals surface area (Å²) >= 11 is 0. The van der Waals surface area contributed by atoms with Gasteiger partial charge in [0, 0.05) is 31.5 Å². The zero-order chi connectivity index (χ0) is 11.9. The first kappa shape index (κ1) is 13.9. The van der Waals surface area contributed by atoms with E-state index in [1.54, 1.807) is 13.8 Å². The molecule has 0 heterocycles. The highest BCUT2D eigenvalue weighted by molar-refractivity contribution is 5.79. The van der Waals surface area contributed by atoms with E-state index >= 15 is 0 Å². The largest absolute Gasteiger partial charge is 0.356 e. The maximum atomic E-state index is 11.3. The molecule has 0 radical (unpaired) electrons. The fourth-order valence-corrected chi connectivity index (χ4v) is 1.08. The van der Waals surface area contributed by atoms with Crippen LogP contribution in [0.2, 0.25) is 0 Å². The molecule has 5 nitrogen and oxygen atoms in total. The lowest BCUT2D eigenvalue weighted by Gasteiger charge is -2.17. The molecule has 88 valence electrons. The van der Waals surface area contributed by atoms with Crippen LogP contribution >= 0.6 is 0 Å². The molecule has 0 bridgehead atoms. The first-order chi connectivity index (χ1) is 6.85. The van der Waals surface area contributed by atoms with Crippen LogP contribution in [0.5, 0.6) is 0 Å². The molecule has 0 fully saturated rings. The van der Waals surface area contributed by atoms with Crippen molar-refractivity contribution < 1.29 is 9.59 Å². The van der Waals surface area contributed by atoms with Gasteiger partial charge in [-0.2, -0.15) is 0 Å². The van der Waals surface area contributed by atoms with E-state index in [-0.39, 0.29) is 18.2 Å². The van der Waals surface area contributed by atoms with E-state index in [0.29, 0.717) is 19.5 Å². The molecular weight excluding hydrogens is 194 g/mol. The molecule has 0 atom stereocenters. The van der Waals surface area contributed by atoms with Gasteiger partial charge in [0.25, 0.3) is 0 Å². The summed E-state index contributed by atoms with van der Waals surface area (Å²) in [6, 6.07) is 0. The molecule has 0 aliphatic rings. The standard InChI is InChI=1S/C10H21N3O2/c1-4-12-8(14)5-6-13-9(15)7-10(2,3)11/h4-7,11H2,1-3H3,(H,12,14)(H,13,15). The lowest BCUT2D eigenvalue weighted by Crippen LogP contribution is -2.40. The number of rotatable bonds is 6. The average molecular weight is 215 g/mol. The number of hydrogen-bond acceptors (Lipinski definition) is 3. The Hall–Kier alpha value is -1.10. The number of nitrogens with one attached hydrogen (secondary N) is 2. The first-order valence-corrected chi connectivity index (χ1v) is 5.17. The van der Waals surface area contributed by atoms with Gasteiger partial charge in [-0.15, -0.1) is 0 Å². The highest BCUT2D eigenvalue weighted by atomic mass is 16.2. The molecule has 0 unspecified atom stereocenters. The van der Waals surface area contributed by atoms with Crippen molar-refractivity contribution in [2.24, 2.45) is 5.73 Å². The van der Waals surface area contributed by atoms with Crippen molar-refractivity contribution in [3.8, 4) is 0 Å². The van der Waals surface area contributed by atoms with E-state index in [1.165, 1.54) is 0 Å². The fourth-order valence-electron chi connectivity index (χ4n) is 1.08. The van der Waals surface area contributed by atoms with Crippen molar-refractivity contribution in [2.75, 3.05) is 13.1 Å². The summed E-state index contributed by atoms with van der Waals surface area (Å²) in [5, 5.41) is 5.30. The summed E-state index contributed by atoms with van der Waals surface area (Å²) < 4.78 is 0. The number of amides is 2. The summed E-state index contributed by atoms with van der Waals surface area (Å²) in [5.41, 5.74) is 5.17. The van der Waals surface area contributed by atoms with Crippen LogP contribution in [0.1, 0.15) is 33.6 Å². The summed E-state index contributed by atoms with van der Waals surface area (Å²) in [7, 11) is 0. The summed E-state index contributed by atoms with van der Waals surface area (Å²) in [6.07, 6.45) is 0.576. The van der Waals surface area contributed by atoms with Crippen molar-refractivity contribution in [1.82, 2.24) is 10.6 Å². The fraction of sp³-hybridized carbons (Fsp3) is 0.800. The molecule has 0 aromatic carbocycles. The highest BCUT2D eigenvalue weighted by Crippen LogP contribution is 2.02. The normalized spacial score (nSPS) is 10.9. The second-order valence-corrected chi connectivity index (χ2v) is 4.22. The van der Waals surface area contributed by atoms with Crippen molar-refractivity contribution in [3.63, 3.8) is 0 Å². The molecule has 4 N–H and O–H groups in total. The van der Waals surface area contributed by atoms with Gasteiger partial charge in [0.1, 0.15) is 0 Å². The van der Waals surface area contributed by atoms with Crippen LogP contribution in [0.3, 0.4) is 0 Å². The first-order valence-electron chi connectivity index (χ1n) is 5.17. The lowest BCUT2D eigenvalue weighted by molar-refractivity contribution is -0.122. The summed E-state index contributed by atoms with van der Waals surface area (Å²) in [5.74, 6) is -0.170. The number of nitrogens with two attached hydrogens (primary N) is 1. The van der Waals surface area contributed by atoms with Crippen LogP contribution in [-0.4, -0.2) is 30.4 Å². The van der Waals surface area contributed by atoms with Gasteiger partial charge in [0.15, 0.2) is 0 Å². The van der Waals surface area contributed by atoms with Gasteiger partial charge in [-0.05, 0) is 20.8 Å². The summed E-state index contributed by atoms with van der Waals surface area (Å²) in [6.45, 7) is 6.41. The van der Waals surface area contributed by atoms with E-state index in [1.807, 2.05) is 6.92 Å². The highest BCUT2D eigenvalue weighted by Gasteiger charge is 2.15. The van der Waals surface area contributed by atoms with Crippen LogP contribution in [0, 0.1) is 0 Å². The molecule has 0 rings (SSSR count). The van der Waals surface area contributed by atoms with Gasteiger partial charge in [-0.3, -0.25) is 9.59 Å². The van der Waals surface area contributed by atoms with Crippen LogP contribution in [0.15, 0.2) is 0 Å². The topological polar surface area (TPSA) is 84.2 Å². The molecule has 0 spiro atoms. The number of hydrogen-bond donors (Lipinski definition) is 3. The Kier molecular flexibility index (Phi) is 5.93. The van der Waals surface area contributed by atoms with Crippen molar-refractivity contribution in [2.45, 2.75) is 39.2 Å². The van der Waals surface area contributed by atoms with Crippen molar-refractivity contribution >= 4 is 11.8 Å². The molecule has 0 saturated carbocycles. The zero-order valence-electron chi connectivity index (χ0n) is 9.72. The van der Waals surface area contributed by atoms with Crippen molar-refractivity contribution in [1.29, 1.82) is 0 Å². The van der Waals surface area contributed by atoms with Gasteiger partial charge in [-0.25, -0.2) is 0 Å². The SMILES string of the molecule is CCNC(=O)CCNC(=O)CC(C)(C)N. The van der Waals surface area contributed by atoms with E-state index in [9.17, 15) is 9.59 Å². The Labute approximate surface area is 90.8 Å². The number of carbonyl (C=O) groups is 2. The Morgan fingerprint density at radius 2 is 1.80 bits per heavy atom. The third-order valence-corrected chi connectivity index (χ3v) is 1.66. The molecule has 5 heteroatoms. The Bertz CT molecular complexity index is 221. The van der Waals surface area contributed by atoms with Crippen LogP contribution in [0.25, 0.3) is 0 Å². The van der Waals surface area contributed by atoms with Gasteiger partial charge in [0.05, 0.1) is 0 Å². The van der Waals surface area contributed by atoms with E-state index in [4.69, 9.17) is 5.73 Å². The maximum Gasteiger partial charge on any atom is 0.221 e.